The molecule has 0 spiro atoms. The third kappa shape index (κ3) is 3.43. The molecule has 116 valence electrons. The molecule has 0 aromatic carbocycles. The molecule has 0 bridgehead atoms. The van der Waals surface area contributed by atoms with Crippen LogP contribution in [0.3, 0.4) is 0 Å². The molecule has 1 heterocycles. The first-order valence-electron chi connectivity index (χ1n) is 6.73. The highest BCUT2D eigenvalue weighted by molar-refractivity contribution is 5.81. The van der Waals surface area contributed by atoms with Gasteiger partial charge in [-0.15, -0.1) is 0 Å². The molecule has 2 atom stereocenters. The summed E-state index contributed by atoms with van der Waals surface area (Å²) in [6.45, 7) is 2.03. The Labute approximate surface area is 116 Å². The number of methoxy groups -OCH3 is 1. The maximum absolute atomic E-state index is 13.3. The molecule has 1 rings (SSSR count). The normalized spacial score (nSPS) is 25.6. The summed E-state index contributed by atoms with van der Waals surface area (Å²) in [6.07, 6.45) is -0.396. The first kappa shape index (κ1) is 16.8. The minimum atomic E-state index is -4.67. The average Bonchev–Trinajstić information content (AvgIpc) is 2.82. The Morgan fingerprint density at radius 3 is 2.55 bits per heavy atom. The zero-order valence-corrected chi connectivity index (χ0v) is 11.7. The third-order valence-corrected chi connectivity index (χ3v) is 3.47. The van der Waals surface area contributed by atoms with Crippen LogP contribution in [-0.2, 0) is 14.3 Å². The monoisotopic (exact) mass is 295 g/mol. The highest BCUT2D eigenvalue weighted by atomic mass is 19.4. The molecule has 1 aliphatic rings. The van der Waals surface area contributed by atoms with Crippen LogP contribution >= 0.6 is 0 Å². The van der Waals surface area contributed by atoms with Gasteiger partial charge in [0.25, 0.3) is 0 Å². The van der Waals surface area contributed by atoms with Gasteiger partial charge >= 0.3 is 12.1 Å². The molecule has 0 N–H and O–H groups in total. The molecule has 20 heavy (non-hydrogen) atoms. The second-order valence-electron chi connectivity index (χ2n) is 4.85. The fourth-order valence-corrected chi connectivity index (χ4v) is 2.28. The first-order valence-corrected chi connectivity index (χ1v) is 6.73. The van der Waals surface area contributed by atoms with Crippen LogP contribution in [0, 0.1) is 0 Å². The average molecular weight is 295 g/mol. The van der Waals surface area contributed by atoms with Gasteiger partial charge in [-0.3, -0.25) is 0 Å². The highest BCUT2D eigenvalue weighted by Crippen LogP contribution is 2.44. The quantitative estimate of drug-likeness (QED) is 0.535. The molecule has 0 aromatic heterocycles. The summed E-state index contributed by atoms with van der Waals surface area (Å²) >= 11 is 0. The Hall–Kier alpha value is -1.27. The van der Waals surface area contributed by atoms with Crippen molar-refractivity contribution in [3.63, 3.8) is 0 Å². The van der Waals surface area contributed by atoms with Crippen LogP contribution < -0.4 is 0 Å². The minimum absolute atomic E-state index is 0.292. The van der Waals surface area contributed by atoms with Crippen LogP contribution in [-0.4, -0.2) is 37.3 Å². The van der Waals surface area contributed by atoms with Crippen molar-refractivity contribution in [1.82, 2.24) is 0 Å². The van der Waals surface area contributed by atoms with Crippen molar-refractivity contribution in [2.75, 3.05) is 7.11 Å². The van der Waals surface area contributed by atoms with E-state index in [1.54, 1.807) is 0 Å². The molecule has 0 aromatic rings. The number of carbonyl (C=O) groups excluding carboxylic acids is 1. The maximum Gasteiger partial charge on any atom is 0.431 e. The number of hydrogen-bond donors (Lipinski definition) is 0. The molecule has 0 aliphatic carbocycles. The van der Waals surface area contributed by atoms with Gasteiger partial charge in [-0.1, -0.05) is 32.6 Å². The summed E-state index contributed by atoms with van der Waals surface area (Å²) < 4.78 is 49.1. The van der Waals surface area contributed by atoms with Gasteiger partial charge in [0.1, 0.15) is 0 Å². The van der Waals surface area contributed by atoms with Gasteiger partial charge in [0, 0.05) is 0 Å². The van der Waals surface area contributed by atoms with E-state index in [-0.39, 0.29) is 6.42 Å². The van der Waals surface area contributed by atoms with E-state index in [0.717, 1.165) is 26.4 Å². The number of hydrogen-bond acceptors (Lipinski definition) is 4. The van der Waals surface area contributed by atoms with E-state index >= 15 is 0 Å². The second kappa shape index (κ2) is 6.95. The van der Waals surface area contributed by atoms with E-state index in [1.807, 2.05) is 6.92 Å². The van der Waals surface area contributed by atoms with E-state index in [9.17, 15) is 18.0 Å². The Morgan fingerprint density at radius 1 is 1.35 bits per heavy atom. The number of alkyl halides is 3. The van der Waals surface area contributed by atoms with Crippen molar-refractivity contribution >= 4 is 12.4 Å². The molecule has 7 heteroatoms. The molecule has 4 nitrogen and oxygen atoms in total. The number of rotatable bonds is 7. The fourth-order valence-electron chi connectivity index (χ4n) is 2.28. The van der Waals surface area contributed by atoms with Gasteiger partial charge in [-0.05, 0) is 12.8 Å². The van der Waals surface area contributed by atoms with Crippen molar-refractivity contribution < 1.29 is 27.4 Å². The van der Waals surface area contributed by atoms with Gasteiger partial charge in [-0.2, -0.15) is 13.2 Å². The fraction of sp³-hybridized carbons (Fsp3) is 0.846. The summed E-state index contributed by atoms with van der Waals surface area (Å²) in [7, 11) is 1.04. The van der Waals surface area contributed by atoms with Gasteiger partial charge in [0.05, 0.1) is 7.11 Å². The lowest BCUT2D eigenvalue weighted by Crippen LogP contribution is -2.56. The lowest BCUT2D eigenvalue weighted by Gasteiger charge is -2.33. The van der Waals surface area contributed by atoms with Crippen LogP contribution in [0.15, 0.2) is 4.99 Å². The molecule has 0 unspecified atom stereocenters. The molecule has 0 fully saturated rings. The molecule has 1 aliphatic heterocycles. The Bertz CT molecular complexity index is 357. The summed E-state index contributed by atoms with van der Waals surface area (Å²) in [5, 5.41) is 0. The van der Waals surface area contributed by atoms with E-state index < -0.39 is 23.8 Å². The van der Waals surface area contributed by atoms with Gasteiger partial charge < -0.3 is 9.47 Å². The van der Waals surface area contributed by atoms with Crippen LogP contribution in [0.4, 0.5) is 13.2 Å². The number of ether oxygens (including phenoxy) is 2. The predicted molar refractivity (Wildman–Crippen MR) is 67.5 cm³/mol. The minimum Gasteiger partial charge on any atom is -0.467 e. The molecular weight excluding hydrogens is 275 g/mol. The third-order valence-electron chi connectivity index (χ3n) is 3.47. The summed E-state index contributed by atoms with van der Waals surface area (Å²) in [4.78, 5) is 15.0. The number of halogens is 3. The largest absolute Gasteiger partial charge is 0.467 e. The van der Waals surface area contributed by atoms with E-state index in [1.165, 1.54) is 0 Å². The Kier molecular flexibility index (Phi) is 5.83. The van der Waals surface area contributed by atoms with Crippen LogP contribution in [0.1, 0.15) is 45.4 Å². The van der Waals surface area contributed by atoms with E-state index in [2.05, 4.69) is 9.73 Å². The first-order chi connectivity index (χ1) is 9.39. The molecule has 0 radical (unpaired) electrons. The van der Waals surface area contributed by atoms with Crippen molar-refractivity contribution in [2.24, 2.45) is 4.99 Å². The van der Waals surface area contributed by atoms with Crippen LogP contribution in [0.25, 0.3) is 0 Å². The van der Waals surface area contributed by atoms with Crippen LogP contribution in [0.2, 0.25) is 0 Å². The van der Waals surface area contributed by atoms with Gasteiger partial charge in [0.2, 0.25) is 5.60 Å². The second-order valence-corrected chi connectivity index (χ2v) is 4.85. The predicted octanol–water partition coefficient (Wildman–Crippen LogP) is 3.25. The number of aliphatic imine (C=N–C) groups is 1. The topological polar surface area (TPSA) is 47.9 Å². The standard InChI is InChI=1S/C13H20F3NO3/c1-3-4-5-6-7-8-12(13(14,15)16)10(11(18)19-2)17-9-20-12/h9-10H,3-8H2,1-2H3/t10-,12+/m0/s1. The van der Waals surface area contributed by atoms with E-state index in [4.69, 9.17) is 4.74 Å². The summed E-state index contributed by atoms with van der Waals surface area (Å²) in [5.74, 6) is -1.02. The number of carbonyl (C=O) groups is 1. The number of esters is 1. The molecule has 0 saturated heterocycles. The SMILES string of the molecule is CCCCCCC[C@@]1(C(F)(F)F)OC=N[C@H]1C(=O)OC. The Balaban J connectivity index is 2.75. The highest BCUT2D eigenvalue weighted by Gasteiger charge is 2.66. The molecule has 0 saturated carbocycles. The summed E-state index contributed by atoms with van der Waals surface area (Å²) in [5.41, 5.74) is -2.58. The molecule has 0 amide bonds. The molecular formula is C13H20F3NO3. The van der Waals surface area contributed by atoms with Gasteiger partial charge in [-0.25, -0.2) is 9.79 Å². The Morgan fingerprint density at radius 2 is 2.00 bits per heavy atom. The van der Waals surface area contributed by atoms with Crippen molar-refractivity contribution in [3.8, 4) is 0 Å². The number of unbranched alkanes of at least 4 members (excludes halogenated alkanes) is 4. The smallest absolute Gasteiger partial charge is 0.431 e. The van der Waals surface area contributed by atoms with Crippen molar-refractivity contribution in [2.45, 2.75) is 63.3 Å². The van der Waals surface area contributed by atoms with Crippen molar-refractivity contribution in [1.29, 1.82) is 0 Å². The zero-order chi connectivity index (χ0) is 15.2. The lowest BCUT2D eigenvalue weighted by atomic mass is 9.87. The summed E-state index contributed by atoms with van der Waals surface area (Å²) in [6, 6.07) is -1.67. The van der Waals surface area contributed by atoms with Crippen LogP contribution in [0.5, 0.6) is 0 Å². The zero-order valence-electron chi connectivity index (χ0n) is 11.7. The van der Waals surface area contributed by atoms with Crippen molar-refractivity contribution in [3.05, 3.63) is 0 Å². The number of nitrogens with zero attached hydrogens (tertiary/aromatic N) is 1. The van der Waals surface area contributed by atoms with E-state index in [0.29, 0.717) is 19.2 Å². The lowest BCUT2D eigenvalue weighted by molar-refractivity contribution is -0.256. The maximum atomic E-state index is 13.3. The van der Waals surface area contributed by atoms with Gasteiger partial charge in [0.15, 0.2) is 12.4 Å².